The van der Waals surface area contributed by atoms with Gasteiger partial charge in [0.2, 0.25) is 0 Å². The van der Waals surface area contributed by atoms with E-state index in [0.29, 0.717) is 0 Å². The highest BCUT2D eigenvalue weighted by Gasteiger charge is 2.18. The summed E-state index contributed by atoms with van der Waals surface area (Å²) >= 11 is 12.0. The highest BCUT2D eigenvalue weighted by atomic mass is 35.5. The Labute approximate surface area is 147 Å². The molecular weight excluding hydrogens is 359 g/mol. The molecule has 9 heteroatoms. The number of benzene rings is 2. The first kappa shape index (κ1) is 17.8. The number of ether oxygens (including phenoxy) is 2. The summed E-state index contributed by atoms with van der Waals surface area (Å²) in [5.74, 6) is -0.176. The normalized spacial score (nSPS) is 10.2. The molecule has 0 unspecified atom stereocenters. The first-order valence-corrected chi connectivity index (χ1v) is 7.29. The van der Waals surface area contributed by atoms with Crippen molar-refractivity contribution in [2.45, 2.75) is 0 Å². The minimum absolute atomic E-state index is 0.0912. The largest absolute Gasteiger partial charge is 0.494 e. The molecule has 0 bridgehead atoms. The fourth-order valence-electron chi connectivity index (χ4n) is 2.00. The Morgan fingerprint density at radius 1 is 1.12 bits per heavy atom. The SMILES string of the molecule is COc1ccc(NC(=O)c2cc(Cl)c(OC)c(Cl)c2)cc1[N+](=O)[O-]. The zero-order valence-corrected chi connectivity index (χ0v) is 14.1. The molecule has 24 heavy (non-hydrogen) atoms. The Kier molecular flexibility index (Phi) is 5.48. The van der Waals surface area contributed by atoms with Gasteiger partial charge in [0.05, 0.1) is 29.2 Å². The van der Waals surface area contributed by atoms with Crippen LogP contribution < -0.4 is 14.8 Å². The van der Waals surface area contributed by atoms with E-state index < -0.39 is 10.8 Å². The number of hydrogen-bond donors (Lipinski definition) is 1. The van der Waals surface area contributed by atoms with E-state index >= 15 is 0 Å². The Morgan fingerprint density at radius 3 is 2.25 bits per heavy atom. The lowest BCUT2D eigenvalue weighted by atomic mass is 10.2. The monoisotopic (exact) mass is 370 g/mol. The zero-order chi connectivity index (χ0) is 17.9. The molecule has 0 spiro atoms. The number of carbonyl (C=O) groups excluding carboxylic acids is 1. The van der Waals surface area contributed by atoms with Crippen LogP contribution in [0.2, 0.25) is 10.0 Å². The lowest BCUT2D eigenvalue weighted by Crippen LogP contribution is -2.12. The Hall–Kier alpha value is -2.51. The van der Waals surface area contributed by atoms with Crippen molar-refractivity contribution in [2.75, 3.05) is 19.5 Å². The maximum Gasteiger partial charge on any atom is 0.312 e. The van der Waals surface area contributed by atoms with Crippen LogP contribution in [0.15, 0.2) is 30.3 Å². The van der Waals surface area contributed by atoms with Gasteiger partial charge in [0.25, 0.3) is 5.91 Å². The van der Waals surface area contributed by atoms with E-state index in [0.717, 1.165) is 0 Å². The molecule has 0 heterocycles. The number of nitrogens with one attached hydrogen (secondary N) is 1. The predicted molar refractivity (Wildman–Crippen MR) is 90.6 cm³/mol. The van der Waals surface area contributed by atoms with E-state index in [4.69, 9.17) is 32.7 Å². The lowest BCUT2D eigenvalue weighted by molar-refractivity contribution is -0.385. The van der Waals surface area contributed by atoms with Crippen LogP contribution in [0.25, 0.3) is 0 Å². The number of halogens is 2. The summed E-state index contributed by atoms with van der Waals surface area (Å²) in [6.07, 6.45) is 0. The van der Waals surface area contributed by atoms with Crippen LogP contribution in [0.4, 0.5) is 11.4 Å². The highest BCUT2D eigenvalue weighted by molar-refractivity contribution is 6.37. The molecule has 0 fully saturated rings. The molecular formula is C15H12Cl2N2O5. The fraction of sp³-hybridized carbons (Fsp3) is 0.133. The van der Waals surface area contributed by atoms with Gasteiger partial charge >= 0.3 is 5.69 Å². The van der Waals surface area contributed by atoms with Crippen molar-refractivity contribution < 1.29 is 19.2 Å². The lowest BCUT2D eigenvalue weighted by Gasteiger charge is -2.10. The molecule has 1 N–H and O–H groups in total. The summed E-state index contributed by atoms with van der Waals surface area (Å²) in [6.45, 7) is 0. The quantitative estimate of drug-likeness (QED) is 0.629. The number of nitrogens with zero attached hydrogens (tertiary/aromatic N) is 1. The van der Waals surface area contributed by atoms with Crippen molar-refractivity contribution in [1.29, 1.82) is 0 Å². The average Bonchev–Trinajstić information content (AvgIpc) is 2.54. The van der Waals surface area contributed by atoms with E-state index in [9.17, 15) is 14.9 Å². The minimum Gasteiger partial charge on any atom is -0.494 e. The molecule has 1 amide bonds. The van der Waals surface area contributed by atoms with Crippen LogP contribution in [0, 0.1) is 10.1 Å². The molecule has 2 rings (SSSR count). The van der Waals surface area contributed by atoms with Crippen LogP contribution in [-0.4, -0.2) is 25.1 Å². The van der Waals surface area contributed by atoms with Crippen molar-refractivity contribution in [3.63, 3.8) is 0 Å². The maximum absolute atomic E-state index is 12.3. The molecule has 2 aromatic carbocycles. The Bertz CT molecular complexity index is 787. The number of amides is 1. The topological polar surface area (TPSA) is 90.7 Å². The third-order valence-electron chi connectivity index (χ3n) is 3.10. The predicted octanol–water partition coefficient (Wildman–Crippen LogP) is 4.17. The van der Waals surface area contributed by atoms with Gasteiger partial charge < -0.3 is 14.8 Å². The Balaban J connectivity index is 2.30. The second kappa shape index (κ2) is 7.37. The smallest absolute Gasteiger partial charge is 0.312 e. The zero-order valence-electron chi connectivity index (χ0n) is 12.6. The van der Waals surface area contributed by atoms with Crippen molar-refractivity contribution in [1.82, 2.24) is 0 Å². The third-order valence-corrected chi connectivity index (χ3v) is 3.66. The Morgan fingerprint density at radius 2 is 1.75 bits per heavy atom. The van der Waals surface area contributed by atoms with Gasteiger partial charge in [-0.3, -0.25) is 14.9 Å². The molecule has 0 aliphatic heterocycles. The van der Waals surface area contributed by atoms with E-state index in [1.807, 2.05) is 0 Å². The number of hydrogen-bond acceptors (Lipinski definition) is 5. The summed E-state index contributed by atoms with van der Waals surface area (Å²) in [4.78, 5) is 22.7. The van der Waals surface area contributed by atoms with Gasteiger partial charge in [-0.1, -0.05) is 23.2 Å². The summed E-state index contributed by atoms with van der Waals surface area (Å²) < 4.78 is 9.92. The molecule has 0 saturated carbocycles. The molecule has 0 aliphatic carbocycles. The number of methoxy groups -OCH3 is 2. The second-order valence-corrected chi connectivity index (χ2v) is 5.39. The van der Waals surface area contributed by atoms with Crippen molar-refractivity contribution in [2.24, 2.45) is 0 Å². The summed E-state index contributed by atoms with van der Waals surface area (Å²) in [6, 6.07) is 6.85. The number of nitro groups is 1. The van der Waals surface area contributed by atoms with Crippen LogP contribution >= 0.6 is 23.2 Å². The highest BCUT2D eigenvalue weighted by Crippen LogP contribution is 2.34. The van der Waals surface area contributed by atoms with Crippen LogP contribution in [0.1, 0.15) is 10.4 Å². The van der Waals surface area contributed by atoms with E-state index in [1.165, 1.54) is 44.6 Å². The molecule has 7 nitrogen and oxygen atoms in total. The molecule has 0 saturated heterocycles. The number of nitro benzene ring substituents is 1. The van der Waals surface area contributed by atoms with Crippen molar-refractivity contribution in [3.05, 3.63) is 56.1 Å². The van der Waals surface area contributed by atoms with E-state index in [-0.39, 0.29) is 38.5 Å². The molecule has 0 atom stereocenters. The van der Waals surface area contributed by atoms with Gasteiger partial charge in [-0.2, -0.15) is 0 Å². The molecule has 0 radical (unpaired) electrons. The number of anilines is 1. The average molecular weight is 371 g/mol. The molecule has 0 aromatic heterocycles. The van der Waals surface area contributed by atoms with Crippen LogP contribution in [0.3, 0.4) is 0 Å². The van der Waals surface area contributed by atoms with E-state index in [1.54, 1.807) is 0 Å². The first-order valence-electron chi connectivity index (χ1n) is 6.54. The van der Waals surface area contributed by atoms with Gasteiger partial charge in [0.15, 0.2) is 11.5 Å². The fourth-order valence-corrected chi connectivity index (χ4v) is 2.64. The summed E-state index contributed by atoms with van der Waals surface area (Å²) in [5.41, 5.74) is 0.154. The minimum atomic E-state index is -0.602. The third kappa shape index (κ3) is 3.69. The molecule has 0 aliphatic rings. The van der Waals surface area contributed by atoms with Crippen molar-refractivity contribution >= 4 is 40.5 Å². The molecule has 126 valence electrons. The number of rotatable bonds is 5. The maximum atomic E-state index is 12.3. The summed E-state index contributed by atoms with van der Waals surface area (Å²) in [7, 11) is 2.73. The standard InChI is InChI=1S/C15H12Cl2N2O5/c1-23-13-4-3-9(7-12(13)19(21)22)18-15(20)8-5-10(16)14(24-2)11(17)6-8/h3-7H,1-2H3,(H,18,20). The number of carbonyl (C=O) groups is 1. The van der Waals surface area contributed by atoms with Crippen molar-refractivity contribution in [3.8, 4) is 11.5 Å². The van der Waals surface area contributed by atoms with Crippen LogP contribution in [-0.2, 0) is 0 Å². The van der Waals surface area contributed by atoms with Crippen LogP contribution in [0.5, 0.6) is 11.5 Å². The van der Waals surface area contributed by atoms with Gasteiger partial charge in [-0.15, -0.1) is 0 Å². The second-order valence-electron chi connectivity index (χ2n) is 4.57. The van der Waals surface area contributed by atoms with Gasteiger partial charge in [0, 0.05) is 17.3 Å². The van der Waals surface area contributed by atoms with E-state index in [2.05, 4.69) is 5.32 Å². The van der Waals surface area contributed by atoms with Gasteiger partial charge in [0.1, 0.15) is 0 Å². The van der Waals surface area contributed by atoms with Gasteiger partial charge in [-0.25, -0.2) is 0 Å². The first-order chi connectivity index (χ1) is 11.4. The van der Waals surface area contributed by atoms with Gasteiger partial charge in [-0.05, 0) is 24.3 Å². The molecule has 2 aromatic rings. The summed E-state index contributed by atoms with van der Waals surface area (Å²) in [5, 5.41) is 13.9.